The molecule has 0 radical (unpaired) electrons. The Hall–Kier alpha value is -0.790. The summed E-state index contributed by atoms with van der Waals surface area (Å²) in [6, 6.07) is 0. The molecular formula is C12H12O2. The van der Waals surface area contributed by atoms with Crippen LogP contribution in [0.4, 0.5) is 0 Å². The Balaban J connectivity index is 1.48. The maximum Gasteiger partial charge on any atom is 0.333 e. The Morgan fingerprint density at radius 1 is 1.14 bits per heavy atom. The molecule has 0 aromatic heterocycles. The predicted molar refractivity (Wildman–Crippen MR) is 48.1 cm³/mol. The van der Waals surface area contributed by atoms with Crippen LogP contribution >= 0.6 is 0 Å². The van der Waals surface area contributed by atoms with Crippen molar-refractivity contribution in [3.63, 3.8) is 0 Å². The molecule has 6 saturated carbocycles. The van der Waals surface area contributed by atoms with E-state index < -0.39 is 0 Å². The molecule has 14 heavy (non-hydrogen) atoms. The van der Waals surface area contributed by atoms with E-state index in [1.54, 1.807) is 6.92 Å². The number of carbonyl (C=O) groups is 1. The highest BCUT2D eigenvalue weighted by atomic mass is 16.6. The van der Waals surface area contributed by atoms with Crippen LogP contribution in [0.2, 0.25) is 0 Å². The van der Waals surface area contributed by atoms with Gasteiger partial charge in [-0.1, -0.05) is 6.58 Å². The maximum atomic E-state index is 11.5. The van der Waals surface area contributed by atoms with Crippen LogP contribution in [0, 0.1) is 41.4 Å². The molecule has 6 aliphatic rings. The lowest BCUT2D eigenvalue weighted by Gasteiger charge is -3.05. The molecule has 0 saturated heterocycles. The molecule has 0 aliphatic heterocycles. The monoisotopic (exact) mass is 188 g/mol. The lowest BCUT2D eigenvalue weighted by Crippen LogP contribution is -3.09. The average molecular weight is 188 g/mol. The van der Waals surface area contributed by atoms with E-state index in [1.807, 2.05) is 0 Å². The second kappa shape index (κ2) is 1.39. The molecule has 72 valence electrons. The molecule has 2 heteroatoms. The quantitative estimate of drug-likeness (QED) is 0.481. The summed E-state index contributed by atoms with van der Waals surface area (Å²) in [5.74, 6) is 6.23. The number of esters is 1. The third-order valence-electron chi connectivity index (χ3n) is 6.00. The molecule has 0 N–H and O–H groups in total. The second-order valence-electron chi connectivity index (χ2n) is 5.91. The molecule has 6 fully saturated rings. The molecule has 0 spiro atoms. The van der Waals surface area contributed by atoms with E-state index in [2.05, 4.69) is 6.58 Å². The number of hydrogen-bond donors (Lipinski definition) is 0. The van der Waals surface area contributed by atoms with Gasteiger partial charge in [0.15, 0.2) is 0 Å². The fraction of sp³-hybridized carbons (Fsp3) is 0.750. The first kappa shape index (κ1) is 6.65. The van der Waals surface area contributed by atoms with Gasteiger partial charge in [-0.25, -0.2) is 4.79 Å². The van der Waals surface area contributed by atoms with E-state index in [0.717, 1.165) is 41.4 Å². The van der Waals surface area contributed by atoms with Gasteiger partial charge in [-0.2, -0.15) is 0 Å². The smallest absolute Gasteiger partial charge is 0.333 e. The van der Waals surface area contributed by atoms with E-state index >= 15 is 0 Å². The first-order chi connectivity index (χ1) is 6.69. The van der Waals surface area contributed by atoms with Gasteiger partial charge in [-0.15, -0.1) is 0 Å². The summed E-state index contributed by atoms with van der Waals surface area (Å²) in [5, 5.41) is 0. The van der Waals surface area contributed by atoms with Gasteiger partial charge in [0.1, 0.15) is 5.60 Å². The fourth-order valence-electron chi connectivity index (χ4n) is 5.78. The maximum absolute atomic E-state index is 11.5. The van der Waals surface area contributed by atoms with E-state index in [-0.39, 0.29) is 11.6 Å². The highest BCUT2D eigenvalue weighted by Gasteiger charge is 3.06. The lowest BCUT2D eigenvalue weighted by molar-refractivity contribution is -0.618. The van der Waals surface area contributed by atoms with Crippen LogP contribution in [0.5, 0.6) is 0 Å². The minimum atomic E-state index is -0.152. The molecule has 0 amide bonds. The Morgan fingerprint density at radius 3 is 2.07 bits per heavy atom. The van der Waals surface area contributed by atoms with Crippen LogP contribution in [0.1, 0.15) is 6.92 Å². The number of ether oxygens (including phenoxy) is 1. The van der Waals surface area contributed by atoms with Crippen molar-refractivity contribution in [3.05, 3.63) is 12.2 Å². The molecule has 0 aromatic carbocycles. The first-order valence-corrected chi connectivity index (χ1v) is 5.58. The van der Waals surface area contributed by atoms with Crippen LogP contribution in [0.3, 0.4) is 0 Å². The summed E-state index contributed by atoms with van der Waals surface area (Å²) in [7, 11) is 0. The van der Waals surface area contributed by atoms with E-state index in [9.17, 15) is 4.79 Å². The van der Waals surface area contributed by atoms with Crippen molar-refractivity contribution in [2.45, 2.75) is 12.5 Å². The van der Waals surface area contributed by atoms with Gasteiger partial charge in [-0.05, 0) is 30.6 Å². The molecule has 0 atom stereocenters. The van der Waals surface area contributed by atoms with Gasteiger partial charge in [0.25, 0.3) is 0 Å². The van der Waals surface area contributed by atoms with E-state index in [4.69, 9.17) is 4.74 Å². The third kappa shape index (κ3) is 0.302. The summed E-state index contributed by atoms with van der Waals surface area (Å²) in [6.07, 6.45) is 0. The predicted octanol–water partition coefficient (Wildman–Crippen LogP) is 1.23. The molecule has 0 bridgehead atoms. The molecule has 2 nitrogen and oxygen atoms in total. The summed E-state index contributed by atoms with van der Waals surface area (Å²) >= 11 is 0. The van der Waals surface area contributed by atoms with Gasteiger partial charge in [0, 0.05) is 23.3 Å². The number of rotatable bonds is 2. The van der Waals surface area contributed by atoms with Crippen molar-refractivity contribution in [2.24, 2.45) is 41.4 Å². The molecular weight excluding hydrogens is 176 g/mol. The highest BCUT2D eigenvalue weighted by molar-refractivity contribution is 5.88. The number of carbonyl (C=O) groups excluding carboxylic acids is 1. The van der Waals surface area contributed by atoms with Crippen molar-refractivity contribution in [1.29, 1.82) is 0 Å². The van der Waals surface area contributed by atoms with Gasteiger partial charge >= 0.3 is 5.97 Å². The standard InChI is InChI=1S/C12H12O2/c1-3(2)11(13)14-12-8-5-4-6(8)10(12)7(4)9(5)12/h4-10H,1H2,2H3. The minimum absolute atomic E-state index is 0.0603. The molecule has 0 unspecified atom stereocenters. The van der Waals surface area contributed by atoms with Crippen LogP contribution in [-0.2, 0) is 9.53 Å². The topological polar surface area (TPSA) is 26.3 Å². The highest BCUT2D eigenvalue weighted by Crippen LogP contribution is 3.03. The zero-order valence-corrected chi connectivity index (χ0v) is 8.07. The Labute approximate surface area is 82.3 Å². The minimum Gasteiger partial charge on any atom is -0.455 e. The Morgan fingerprint density at radius 2 is 1.64 bits per heavy atom. The van der Waals surface area contributed by atoms with Crippen LogP contribution in [-0.4, -0.2) is 11.6 Å². The Bertz CT molecular complexity index is 371. The number of hydrogen-bond acceptors (Lipinski definition) is 2. The van der Waals surface area contributed by atoms with E-state index in [0.29, 0.717) is 5.57 Å². The van der Waals surface area contributed by atoms with Gasteiger partial charge in [-0.3, -0.25) is 0 Å². The third-order valence-corrected chi connectivity index (χ3v) is 6.00. The van der Waals surface area contributed by atoms with Crippen molar-refractivity contribution < 1.29 is 9.53 Å². The van der Waals surface area contributed by atoms with Crippen molar-refractivity contribution in [2.75, 3.05) is 0 Å². The van der Waals surface area contributed by atoms with Gasteiger partial charge < -0.3 is 4.74 Å². The molecule has 0 aromatic rings. The lowest BCUT2D eigenvalue weighted by atomic mass is 8.99. The molecule has 6 aliphatic carbocycles. The van der Waals surface area contributed by atoms with Gasteiger partial charge in [0.05, 0.1) is 0 Å². The fourth-order valence-corrected chi connectivity index (χ4v) is 5.78. The molecule has 6 rings (SSSR count). The van der Waals surface area contributed by atoms with Crippen molar-refractivity contribution in [3.8, 4) is 0 Å². The van der Waals surface area contributed by atoms with Gasteiger partial charge in [0.2, 0.25) is 0 Å². The van der Waals surface area contributed by atoms with Crippen LogP contribution in [0.15, 0.2) is 12.2 Å². The Kier molecular flexibility index (Phi) is 0.661. The summed E-state index contributed by atoms with van der Waals surface area (Å²) < 4.78 is 5.68. The largest absolute Gasteiger partial charge is 0.455 e. The summed E-state index contributed by atoms with van der Waals surface area (Å²) in [6.45, 7) is 5.39. The SMILES string of the molecule is C=C(C)C(=O)OC12C3C4C5C3C1C5C42. The molecule has 0 heterocycles. The van der Waals surface area contributed by atoms with Crippen LogP contribution < -0.4 is 0 Å². The normalized spacial score (nSPS) is 71.4. The van der Waals surface area contributed by atoms with Crippen molar-refractivity contribution >= 4 is 5.97 Å². The first-order valence-electron chi connectivity index (χ1n) is 5.58. The summed E-state index contributed by atoms with van der Waals surface area (Å²) in [4.78, 5) is 11.5. The van der Waals surface area contributed by atoms with Crippen LogP contribution in [0.25, 0.3) is 0 Å². The summed E-state index contributed by atoms with van der Waals surface area (Å²) in [5.41, 5.74) is 0.615. The second-order valence-corrected chi connectivity index (χ2v) is 5.91. The van der Waals surface area contributed by atoms with E-state index in [1.165, 1.54) is 0 Å². The zero-order chi connectivity index (χ0) is 9.40. The van der Waals surface area contributed by atoms with Crippen molar-refractivity contribution in [1.82, 2.24) is 0 Å². The zero-order valence-electron chi connectivity index (χ0n) is 8.07. The average Bonchev–Trinajstić information content (AvgIpc) is 2.18.